The molecular weight excluding hydrogens is 513 g/mol. The number of guanidine groups is 1. The lowest BCUT2D eigenvalue weighted by molar-refractivity contribution is -0.148. The number of nitriles is 1. The highest BCUT2D eigenvalue weighted by Crippen LogP contribution is 2.24. The zero-order valence-electron chi connectivity index (χ0n) is 16.9. The van der Waals surface area contributed by atoms with Crippen molar-refractivity contribution in [3.8, 4) is 6.07 Å². The Labute approximate surface area is 191 Å². The quantitative estimate of drug-likeness (QED) is 0.237. The molecule has 1 aliphatic rings. The Morgan fingerprint density at radius 3 is 2.57 bits per heavy atom. The first-order valence-corrected chi connectivity index (χ1v) is 9.80. The minimum Gasteiger partial charge on any atom is -0.357 e. The highest BCUT2D eigenvalue weighted by Gasteiger charge is 2.32. The Morgan fingerprint density at radius 1 is 1.27 bits per heavy atom. The molecule has 1 aliphatic heterocycles. The molecule has 1 heterocycles. The van der Waals surface area contributed by atoms with Crippen LogP contribution in [0.4, 0.5) is 17.6 Å². The second-order valence-electron chi connectivity index (χ2n) is 7.16. The van der Waals surface area contributed by atoms with Crippen LogP contribution in [0.3, 0.4) is 0 Å². The number of nitrogens with zero attached hydrogens (tertiary/aromatic N) is 3. The van der Waals surface area contributed by atoms with Crippen molar-refractivity contribution in [2.75, 3.05) is 32.7 Å². The van der Waals surface area contributed by atoms with Gasteiger partial charge in [-0.05, 0) is 63.4 Å². The number of rotatable bonds is 7. The van der Waals surface area contributed by atoms with Gasteiger partial charge in [-0.15, -0.1) is 24.0 Å². The van der Waals surface area contributed by atoms with Gasteiger partial charge in [0.15, 0.2) is 5.96 Å². The van der Waals surface area contributed by atoms with Crippen LogP contribution in [0, 0.1) is 23.1 Å². The number of halogens is 5. The van der Waals surface area contributed by atoms with Crippen molar-refractivity contribution < 1.29 is 17.6 Å². The molecule has 0 aromatic heterocycles. The van der Waals surface area contributed by atoms with E-state index in [0.29, 0.717) is 49.2 Å². The molecule has 2 N–H and O–H groups in total. The van der Waals surface area contributed by atoms with Crippen LogP contribution < -0.4 is 10.6 Å². The minimum absolute atomic E-state index is 0. The summed E-state index contributed by atoms with van der Waals surface area (Å²) in [6, 6.07) is 6.15. The molecule has 0 saturated carbocycles. The smallest absolute Gasteiger partial charge is 0.357 e. The van der Waals surface area contributed by atoms with Crippen molar-refractivity contribution >= 4 is 29.9 Å². The summed E-state index contributed by atoms with van der Waals surface area (Å²) in [6.45, 7) is 3.40. The molecule has 2 rings (SSSR count). The van der Waals surface area contributed by atoms with Gasteiger partial charge in [0, 0.05) is 18.7 Å². The van der Waals surface area contributed by atoms with E-state index in [1.54, 1.807) is 0 Å². The molecule has 0 aliphatic carbocycles. The number of hydrogen-bond donors (Lipinski definition) is 2. The number of alkyl halides is 3. The molecule has 0 amide bonds. The van der Waals surface area contributed by atoms with Crippen LogP contribution in [0.1, 0.15) is 37.3 Å². The van der Waals surface area contributed by atoms with Crippen molar-refractivity contribution in [1.82, 2.24) is 15.5 Å². The van der Waals surface area contributed by atoms with E-state index in [-0.39, 0.29) is 30.5 Å². The van der Waals surface area contributed by atoms with E-state index in [2.05, 4.69) is 15.6 Å². The van der Waals surface area contributed by atoms with Gasteiger partial charge >= 0.3 is 6.18 Å². The van der Waals surface area contributed by atoms with Crippen LogP contribution in [-0.4, -0.2) is 49.8 Å². The predicted molar refractivity (Wildman–Crippen MR) is 119 cm³/mol. The molecule has 1 saturated heterocycles. The molecule has 30 heavy (non-hydrogen) atoms. The monoisotopic (exact) mass is 541 g/mol. The topological polar surface area (TPSA) is 63.5 Å². The minimum atomic E-state index is -4.14. The molecule has 1 aromatic carbocycles. The zero-order chi connectivity index (χ0) is 21.3. The van der Waals surface area contributed by atoms with E-state index >= 15 is 0 Å². The van der Waals surface area contributed by atoms with E-state index in [1.807, 2.05) is 13.0 Å². The van der Waals surface area contributed by atoms with Gasteiger partial charge in [0.25, 0.3) is 0 Å². The Kier molecular flexibility index (Phi) is 11.4. The molecule has 0 spiro atoms. The average Bonchev–Trinajstić information content (AvgIpc) is 2.67. The summed E-state index contributed by atoms with van der Waals surface area (Å²) in [5.74, 6) is 0.512. The van der Waals surface area contributed by atoms with E-state index in [9.17, 15) is 17.6 Å². The lowest BCUT2D eigenvalue weighted by atomic mass is 9.93. The molecule has 0 unspecified atom stereocenters. The fraction of sp³-hybridized carbons (Fsp3) is 0.600. The number of piperidine rings is 1. The SMILES string of the molecule is CCNC(=NCc1cc(C#N)ccc1F)NCCC1CCN(CC(F)(F)F)CC1.I. The van der Waals surface area contributed by atoms with E-state index in [4.69, 9.17) is 5.26 Å². The lowest BCUT2D eigenvalue weighted by Gasteiger charge is -2.32. The number of hydrogen-bond acceptors (Lipinski definition) is 3. The summed E-state index contributed by atoms with van der Waals surface area (Å²) in [5.41, 5.74) is 0.727. The highest BCUT2D eigenvalue weighted by atomic mass is 127. The largest absolute Gasteiger partial charge is 0.401 e. The Bertz CT molecular complexity index is 725. The first-order valence-electron chi connectivity index (χ1n) is 9.80. The Morgan fingerprint density at radius 2 is 1.97 bits per heavy atom. The van der Waals surface area contributed by atoms with Crippen LogP contribution in [0.25, 0.3) is 0 Å². The molecule has 0 bridgehead atoms. The van der Waals surface area contributed by atoms with Crippen molar-refractivity contribution in [3.63, 3.8) is 0 Å². The van der Waals surface area contributed by atoms with Gasteiger partial charge in [-0.2, -0.15) is 18.4 Å². The fourth-order valence-corrected chi connectivity index (χ4v) is 3.35. The summed E-state index contributed by atoms with van der Waals surface area (Å²) in [7, 11) is 0. The molecule has 168 valence electrons. The maximum Gasteiger partial charge on any atom is 0.401 e. The average molecular weight is 541 g/mol. The summed E-state index contributed by atoms with van der Waals surface area (Å²) in [4.78, 5) is 5.82. The summed E-state index contributed by atoms with van der Waals surface area (Å²) in [5, 5.41) is 15.2. The van der Waals surface area contributed by atoms with E-state index < -0.39 is 18.5 Å². The molecule has 0 radical (unpaired) electrons. The van der Waals surface area contributed by atoms with Crippen LogP contribution >= 0.6 is 24.0 Å². The number of nitrogens with one attached hydrogen (secondary N) is 2. The Hall–Kier alpha value is -1.61. The van der Waals surface area contributed by atoms with Crippen LogP contribution in [-0.2, 0) is 6.54 Å². The van der Waals surface area contributed by atoms with Gasteiger partial charge in [0.1, 0.15) is 5.82 Å². The molecule has 1 fully saturated rings. The third-order valence-corrected chi connectivity index (χ3v) is 4.88. The molecular formula is C20H28F4IN5. The molecule has 0 atom stereocenters. The predicted octanol–water partition coefficient (Wildman–Crippen LogP) is 4.03. The normalized spacial score (nSPS) is 15.9. The second-order valence-corrected chi connectivity index (χ2v) is 7.16. The Balaban J connectivity index is 0.00000450. The summed E-state index contributed by atoms with van der Waals surface area (Å²) >= 11 is 0. The van der Waals surface area contributed by atoms with Crippen LogP contribution in [0.5, 0.6) is 0 Å². The first-order chi connectivity index (χ1) is 13.8. The van der Waals surface area contributed by atoms with Crippen LogP contribution in [0.2, 0.25) is 0 Å². The van der Waals surface area contributed by atoms with Crippen molar-refractivity contribution in [3.05, 3.63) is 35.1 Å². The first kappa shape index (κ1) is 26.4. The van der Waals surface area contributed by atoms with Gasteiger partial charge in [-0.3, -0.25) is 4.90 Å². The highest BCUT2D eigenvalue weighted by molar-refractivity contribution is 14.0. The van der Waals surface area contributed by atoms with Gasteiger partial charge in [-0.1, -0.05) is 0 Å². The van der Waals surface area contributed by atoms with Crippen molar-refractivity contribution in [2.24, 2.45) is 10.9 Å². The molecule has 1 aromatic rings. The van der Waals surface area contributed by atoms with Crippen LogP contribution in [0.15, 0.2) is 23.2 Å². The van der Waals surface area contributed by atoms with Gasteiger partial charge in [-0.25, -0.2) is 9.38 Å². The van der Waals surface area contributed by atoms with Crippen molar-refractivity contribution in [1.29, 1.82) is 5.26 Å². The second kappa shape index (κ2) is 12.9. The molecule has 5 nitrogen and oxygen atoms in total. The number of aliphatic imine (C=N–C) groups is 1. The standard InChI is InChI=1S/C20H27F4N5.HI/c1-2-26-19(28-13-17-11-16(12-25)3-4-18(17)21)27-8-5-15-6-9-29(10-7-15)14-20(22,23)24;/h3-4,11,15H,2,5-10,13-14H2,1H3,(H2,26,27,28);1H. The van der Waals surface area contributed by atoms with Crippen molar-refractivity contribution in [2.45, 2.75) is 38.9 Å². The van der Waals surface area contributed by atoms with E-state index in [1.165, 1.54) is 23.1 Å². The van der Waals surface area contributed by atoms with Gasteiger partial charge < -0.3 is 10.6 Å². The van der Waals surface area contributed by atoms with Gasteiger partial charge in [0.2, 0.25) is 0 Å². The third-order valence-electron chi connectivity index (χ3n) is 4.88. The maximum absolute atomic E-state index is 13.9. The zero-order valence-corrected chi connectivity index (χ0v) is 19.3. The number of likely N-dealkylation sites (tertiary alicyclic amines) is 1. The molecule has 10 heteroatoms. The summed E-state index contributed by atoms with van der Waals surface area (Å²) < 4.78 is 51.2. The third kappa shape index (κ3) is 9.47. The fourth-order valence-electron chi connectivity index (χ4n) is 3.35. The summed E-state index contributed by atoms with van der Waals surface area (Å²) in [6.07, 6.45) is -1.81. The lowest BCUT2D eigenvalue weighted by Crippen LogP contribution is -2.41. The van der Waals surface area contributed by atoms with Gasteiger partial charge in [0.05, 0.1) is 24.7 Å². The number of benzene rings is 1. The maximum atomic E-state index is 13.9. The van der Waals surface area contributed by atoms with E-state index in [0.717, 1.165) is 19.3 Å².